The van der Waals surface area contributed by atoms with Crippen LogP contribution < -0.4 is 14.5 Å². The van der Waals surface area contributed by atoms with Crippen molar-refractivity contribution in [1.82, 2.24) is 0 Å². The van der Waals surface area contributed by atoms with Gasteiger partial charge in [0.2, 0.25) is 6.79 Å². The highest BCUT2D eigenvalue weighted by molar-refractivity contribution is 7.12. The number of esters is 1. The zero-order valence-corrected chi connectivity index (χ0v) is 18.6. The van der Waals surface area contributed by atoms with Crippen molar-refractivity contribution >= 4 is 34.4 Å². The van der Waals surface area contributed by atoms with Crippen LogP contribution in [0.25, 0.3) is 0 Å². The van der Waals surface area contributed by atoms with Crippen molar-refractivity contribution in [2.75, 3.05) is 18.9 Å². The lowest BCUT2D eigenvalue weighted by Crippen LogP contribution is -2.30. The number of anilines is 1. The number of non-ortho nitro benzene ring substituents is 1. The molecule has 0 amide bonds. The largest absolute Gasteiger partial charge is 0.465 e. The first-order valence-corrected chi connectivity index (χ1v) is 11.1. The average Bonchev–Trinajstić information content (AvgIpc) is 3.45. The summed E-state index contributed by atoms with van der Waals surface area (Å²) in [6.45, 7) is 2.18. The third-order valence-electron chi connectivity index (χ3n) is 5.61. The maximum absolute atomic E-state index is 12.4. The minimum Gasteiger partial charge on any atom is -0.465 e. The first-order valence-electron chi connectivity index (χ1n) is 10.2. The first-order chi connectivity index (χ1) is 16.0. The number of rotatable bonds is 4. The van der Waals surface area contributed by atoms with Crippen molar-refractivity contribution in [3.8, 4) is 11.5 Å². The molecule has 0 unspecified atom stereocenters. The summed E-state index contributed by atoms with van der Waals surface area (Å²) in [4.78, 5) is 23.5. The molecular formula is C23H19N3O6S. The van der Waals surface area contributed by atoms with E-state index >= 15 is 0 Å². The van der Waals surface area contributed by atoms with Gasteiger partial charge >= 0.3 is 5.97 Å². The van der Waals surface area contributed by atoms with Gasteiger partial charge in [0, 0.05) is 23.3 Å². The molecule has 0 N–H and O–H groups in total. The average molecular weight is 465 g/mol. The van der Waals surface area contributed by atoms with Crippen LogP contribution in [0.3, 0.4) is 0 Å². The molecule has 0 spiro atoms. The summed E-state index contributed by atoms with van der Waals surface area (Å²) in [6.07, 6.45) is 0.627. The molecular weight excluding hydrogens is 446 g/mol. The molecule has 2 aromatic carbocycles. The molecule has 9 nitrogen and oxygen atoms in total. The number of carbonyl (C=O) groups is 1. The molecule has 2 aliphatic heterocycles. The zero-order chi connectivity index (χ0) is 23.1. The Bertz CT molecular complexity index is 1280. The van der Waals surface area contributed by atoms with E-state index in [4.69, 9.17) is 19.3 Å². The van der Waals surface area contributed by atoms with Crippen LogP contribution in [0.2, 0.25) is 0 Å². The molecule has 3 aromatic rings. The van der Waals surface area contributed by atoms with Crippen molar-refractivity contribution in [1.29, 1.82) is 0 Å². The number of nitrogens with zero attached hydrogens (tertiary/aromatic N) is 3. The van der Waals surface area contributed by atoms with Gasteiger partial charge in [-0.2, -0.15) is 5.10 Å². The molecule has 1 atom stereocenters. The molecule has 5 rings (SSSR count). The summed E-state index contributed by atoms with van der Waals surface area (Å²) in [6, 6.07) is 11.8. The van der Waals surface area contributed by atoms with Gasteiger partial charge in [0.1, 0.15) is 4.88 Å². The molecule has 168 valence electrons. The molecule has 0 fully saturated rings. The predicted octanol–water partition coefficient (Wildman–Crippen LogP) is 4.38. The lowest BCUT2D eigenvalue weighted by molar-refractivity contribution is -0.384. The molecule has 2 aliphatic rings. The molecule has 0 aliphatic carbocycles. The lowest BCUT2D eigenvalue weighted by atomic mass is 9.94. The van der Waals surface area contributed by atoms with Crippen LogP contribution in [-0.4, -0.2) is 36.5 Å². The van der Waals surface area contributed by atoms with Crippen molar-refractivity contribution in [2.45, 2.75) is 19.4 Å². The van der Waals surface area contributed by atoms with Crippen LogP contribution in [0, 0.1) is 10.1 Å². The second kappa shape index (κ2) is 8.21. The third kappa shape index (κ3) is 3.68. The number of carbonyl (C=O) groups excluding carboxylic acids is 1. The normalized spacial score (nSPS) is 16.6. The Hall–Kier alpha value is -3.92. The summed E-state index contributed by atoms with van der Waals surface area (Å²) < 4.78 is 16.1. The Labute approximate surface area is 193 Å². The van der Waals surface area contributed by atoms with Crippen molar-refractivity contribution in [2.24, 2.45) is 5.10 Å². The maximum atomic E-state index is 12.4. The number of methoxy groups -OCH3 is 1. The van der Waals surface area contributed by atoms with E-state index in [0.717, 1.165) is 11.1 Å². The SMILES string of the molecule is COC(=O)c1sccc1N1N=C(c2ccc([N+](=O)[O-])cc2)c2cc3c(cc2C[C@H]1C)OCO3. The maximum Gasteiger partial charge on any atom is 0.350 e. The quantitative estimate of drug-likeness (QED) is 0.320. The van der Waals surface area contributed by atoms with E-state index in [1.165, 1.54) is 30.6 Å². The summed E-state index contributed by atoms with van der Waals surface area (Å²) >= 11 is 1.29. The van der Waals surface area contributed by atoms with Crippen LogP contribution >= 0.6 is 11.3 Å². The Kier molecular flexibility index (Phi) is 5.21. The van der Waals surface area contributed by atoms with Crippen LogP contribution in [0.5, 0.6) is 11.5 Å². The number of nitro benzene ring substituents is 1. The number of fused-ring (bicyclic) bond motifs is 2. The molecule has 0 saturated heterocycles. The van der Waals surface area contributed by atoms with E-state index in [2.05, 4.69) is 0 Å². The Morgan fingerprint density at radius 3 is 2.64 bits per heavy atom. The summed E-state index contributed by atoms with van der Waals surface area (Å²) in [5.74, 6) is 0.861. The van der Waals surface area contributed by atoms with E-state index in [9.17, 15) is 14.9 Å². The highest BCUT2D eigenvalue weighted by Gasteiger charge is 2.30. The number of nitro groups is 1. The third-order valence-corrected chi connectivity index (χ3v) is 6.49. The molecule has 3 heterocycles. The number of benzene rings is 2. The van der Waals surface area contributed by atoms with E-state index in [-0.39, 0.29) is 18.5 Å². The standard InChI is InChI=1S/C23H19N3O6S/c1-13-9-15-10-19-20(32-12-31-19)11-17(15)21(14-3-5-16(6-4-14)26(28)29)24-25(13)18-7-8-33-22(18)23(27)30-2/h3-8,10-11,13H,9,12H2,1-2H3/t13-/m1/s1. The van der Waals surface area contributed by atoms with Gasteiger partial charge < -0.3 is 14.2 Å². The second-order valence-electron chi connectivity index (χ2n) is 7.64. The van der Waals surface area contributed by atoms with Gasteiger partial charge in [-0.05, 0) is 54.6 Å². The van der Waals surface area contributed by atoms with E-state index < -0.39 is 10.9 Å². The van der Waals surface area contributed by atoms with Gasteiger partial charge in [0.25, 0.3) is 5.69 Å². The second-order valence-corrected chi connectivity index (χ2v) is 8.56. The predicted molar refractivity (Wildman–Crippen MR) is 123 cm³/mol. The molecule has 0 radical (unpaired) electrons. The number of hydrogen-bond acceptors (Lipinski definition) is 9. The van der Waals surface area contributed by atoms with Gasteiger partial charge in [0.05, 0.1) is 29.5 Å². The first kappa shape index (κ1) is 21.0. The smallest absolute Gasteiger partial charge is 0.350 e. The van der Waals surface area contributed by atoms with E-state index in [0.29, 0.717) is 39.8 Å². The summed E-state index contributed by atoms with van der Waals surface area (Å²) in [7, 11) is 1.35. The Morgan fingerprint density at radius 2 is 1.94 bits per heavy atom. The van der Waals surface area contributed by atoms with Crippen LogP contribution in [0.4, 0.5) is 11.4 Å². The fourth-order valence-electron chi connectivity index (χ4n) is 4.01. The highest BCUT2D eigenvalue weighted by atomic mass is 32.1. The van der Waals surface area contributed by atoms with Gasteiger partial charge in [-0.25, -0.2) is 4.79 Å². The van der Waals surface area contributed by atoms with Crippen LogP contribution in [-0.2, 0) is 11.2 Å². The number of hydrogen-bond donors (Lipinski definition) is 0. The Balaban J connectivity index is 1.69. The van der Waals surface area contributed by atoms with Gasteiger partial charge in [0.15, 0.2) is 11.5 Å². The zero-order valence-electron chi connectivity index (χ0n) is 17.8. The minimum atomic E-state index is -0.437. The van der Waals surface area contributed by atoms with Crippen molar-refractivity contribution in [3.63, 3.8) is 0 Å². The van der Waals surface area contributed by atoms with Gasteiger partial charge in [-0.3, -0.25) is 15.1 Å². The van der Waals surface area contributed by atoms with E-state index in [1.54, 1.807) is 12.1 Å². The van der Waals surface area contributed by atoms with Crippen LogP contribution in [0.15, 0.2) is 52.9 Å². The minimum absolute atomic E-state index is 0.00471. The molecule has 10 heteroatoms. The molecule has 0 bridgehead atoms. The Morgan fingerprint density at radius 1 is 1.21 bits per heavy atom. The summed E-state index contributed by atoms with van der Waals surface area (Å²) in [5.41, 5.74) is 3.80. The van der Waals surface area contributed by atoms with E-state index in [1.807, 2.05) is 35.5 Å². The molecule has 1 aromatic heterocycles. The fraction of sp³-hybridized carbons (Fsp3) is 0.217. The number of hydrazone groups is 1. The van der Waals surface area contributed by atoms with Crippen LogP contribution in [0.1, 0.15) is 33.3 Å². The summed E-state index contributed by atoms with van der Waals surface area (Å²) in [5, 5.41) is 19.7. The van der Waals surface area contributed by atoms with Crippen molar-refractivity contribution < 1.29 is 23.9 Å². The topological polar surface area (TPSA) is 104 Å². The number of ether oxygens (including phenoxy) is 3. The van der Waals surface area contributed by atoms with Crippen molar-refractivity contribution in [3.05, 3.63) is 79.5 Å². The number of thiophene rings is 1. The monoisotopic (exact) mass is 465 g/mol. The lowest BCUT2D eigenvalue weighted by Gasteiger charge is -2.25. The fourth-order valence-corrected chi connectivity index (χ4v) is 4.81. The molecule has 0 saturated carbocycles. The molecule has 33 heavy (non-hydrogen) atoms. The van der Waals surface area contributed by atoms with Gasteiger partial charge in [-0.1, -0.05) is 0 Å². The highest BCUT2D eigenvalue weighted by Crippen LogP contribution is 2.39. The van der Waals surface area contributed by atoms with Gasteiger partial charge in [-0.15, -0.1) is 11.3 Å².